The number of fused-ring (bicyclic) bond motifs is 1. The molecule has 0 radical (unpaired) electrons. The molecule has 1 atom stereocenters. The number of nitriles is 1. The highest BCUT2D eigenvalue weighted by atomic mass is 32.2. The molecule has 4 heterocycles. The van der Waals surface area contributed by atoms with Crippen LogP contribution >= 0.6 is 0 Å². The lowest BCUT2D eigenvalue weighted by Gasteiger charge is -2.42. The van der Waals surface area contributed by atoms with Gasteiger partial charge in [0.1, 0.15) is 11.2 Å². The van der Waals surface area contributed by atoms with E-state index in [1.807, 2.05) is 0 Å². The number of likely N-dealkylation sites (N-methyl/N-ethyl adjacent to an activating group) is 1. The number of anilines is 1. The minimum atomic E-state index is -4.48. The van der Waals surface area contributed by atoms with E-state index in [1.165, 1.54) is 55.8 Å². The summed E-state index contributed by atoms with van der Waals surface area (Å²) in [5, 5.41) is 9.90. The van der Waals surface area contributed by atoms with E-state index in [2.05, 4.69) is 27.9 Å². The third-order valence-corrected chi connectivity index (χ3v) is 11.5. The molecule has 2 saturated heterocycles. The lowest BCUT2D eigenvalue weighted by molar-refractivity contribution is -0.136. The second-order valence-corrected chi connectivity index (χ2v) is 14.2. The van der Waals surface area contributed by atoms with E-state index in [4.69, 9.17) is 9.47 Å². The Morgan fingerprint density at radius 3 is 2.38 bits per heavy atom. The summed E-state index contributed by atoms with van der Waals surface area (Å²) < 4.78 is 40.5. The quantitative estimate of drug-likeness (QED) is 0.334. The number of sulfonamides is 1. The first-order valence-corrected chi connectivity index (χ1v) is 17.6. The number of nitrogens with zero attached hydrogens (tertiary/aromatic N) is 6. The number of hydrogen-bond donors (Lipinski definition) is 0. The average Bonchev–Trinajstić information content (AvgIpc) is 3.36. The maximum Gasteiger partial charge on any atom is 0.270 e. The molecule has 1 unspecified atom stereocenters. The topological polar surface area (TPSA) is 136 Å². The Labute approximate surface area is 281 Å². The van der Waals surface area contributed by atoms with Gasteiger partial charge in [-0.15, -0.1) is 0 Å². The number of methoxy groups -OCH3 is 1. The number of carbonyl (C=O) groups excluding carboxylic acids is 2. The fraction of sp³-hybridized carbons (Fsp3) is 0.429. The second-order valence-electron chi connectivity index (χ2n) is 12.4. The number of piperidine rings is 1. The predicted octanol–water partition coefficient (Wildman–Crippen LogP) is 3.01. The predicted molar refractivity (Wildman–Crippen MR) is 178 cm³/mol. The van der Waals surface area contributed by atoms with E-state index >= 15 is 4.79 Å². The highest BCUT2D eigenvalue weighted by molar-refractivity contribution is 7.93. The zero-order chi connectivity index (χ0) is 34.1. The largest absolute Gasteiger partial charge is 0.497 e. The lowest BCUT2D eigenvalue weighted by Crippen LogP contribution is -2.53. The van der Waals surface area contributed by atoms with Crippen LogP contribution in [0, 0.1) is 11.3 Å². The summed E-state index contributed by atoms with van der Waals surface area (Å²) in [7, 11) is -0.887. The summed E-state index contributed by atoms with van der Waals surface area (Å²) in [5.74, 6) is -0.553. The molecule has 0 N–H and O–H groups in total. The molecule has 0 spiro atoms. The Morgan fingerprint density at radius 2 is 1.73 bits per heavy atom. The fourth-order valence-corrected chi connectivity index (χ4v) is 8.60. The molecule has 0 saturated carbocycles. The van der Waals surface area contributed by atoms with Crippen LogP contribution in [0.1, 0.15) is 42.9 Å². The van der Waals surface area contributed by atoms with Crippen LogP contribution in [-0.4, -0.2) is 106 Å². The summed E-state index contributed by atoms with van der Waals surface area (Å²) in [6, 6.07) is 15.9. The number of aromatic nitrogens is 1. The highest BCUT2D eigenvalue weighted by Gasteiger charge is 2.58. The van der Waals surface area contributed by atoms with Crippen molar-refractivity contribution in [2.45, 2.75) is 42.5 Å². The fourth-order valence-electron chi connectivity index (χ4n) is 7.11. The summed E-state index contributed by atoms with van der Waals surface area (Å²) in [6.07, 6.45) is 2.76. The summed E-state index contributed by atoms with van der Waals surface area (Å²) in [4.78, 5) is 40.3. The van der Waals surface area contributed by atoms with Crippen LogP contribution < -0.4 is 13.8 Å². The average molecular weight is 673 g/mol. The highest BCUT2D eigenvalue weighted by Crippen LogP contribution is 2.52. The van der Waals surface area contributed by atoms with Gasteiger partial charge in [0, 0.05) is 63.5 Å². The molecule has 3 aliphatic rings. The first kappa shape index (κ1) is 33.4. The van der Waals surface area contributed by atoms with Crippen LogP contribution in [0.25, 0.3) is 0 Å². The van der Waals surface area contributed by atoms with Crippen molar-refractivity contribution in [1.82, 2.24) is 19.7 Å². The van der Waals surface area contributed by atoms with Crippen LogP contribution in [-0.2, 0) is 25.0 Å². The van der Waals surface area contributed by atoms with Gasteiger partial charge in [0.25, 0.3) is 15.9 Å². The number of carbonyl (C=O) groups is 2. The Hall–Kier alpha value is -4.51. The summed E-state index contributed by atoms with van der Waals surface area (Å²) in [5.41, 5.74) is -1.05. The zero-order valence-electron chi connectivity index (χ0n) is 27.5. The number of hydrogen-bond acceptors (Lipinski definition) is 10. The van der Waals surface area contributed by atoms with Gasteiger partial charge in [-0.2, -0.15) is 5.26 Å². The zero-order valence-corrected chi connectivity index (χ0v) is 28.3. The monoisotopic (exact) mass is 672 g/mol. The maximum atomic E-state index is 15.1. The van der Waals surface area contributed by atoms with Crippen molar-refractivity contribution in [1.29, 1.82) is 5.26 Å². The molecule has 6 rings (SSSR count). The van der Waals surface area contributed by atoms with Crippen molar-refractivity contribution in [2.75, 3.05) is 64.3 Å². The number of benzene rings is 2. The summed E-state index contributed by atoms with van der Waals surface area (Å²) >= 11 is 0. The molecular formula is C35H40N6O6S. The van der Waals surface area contributed by atoms with E-state index < -0.39 is 21.3 Å². The third-order valence-electron chi connectivity index (χ3n) is 9.75. The van der Waals surface area contributed by atoms with Crippen LogP contribution in [0.3, 0.4) is 0 Å². The van der Waals surface area contributed by atoms with Crippen LogP contribution in [0.15, 0.2) is 65.7 Å². The van der Waals surface area contributed by atoms with Crippen molar-refractivity contribution in [3.8, 4) is 17.7 Å². The van der Waals surface area contributed by atoms with Gasteiger partial charge in [-0.05, 0) is 80.9 Å². The maximum absolute atomic E-state index is 15.1. The Balaban J connectivity index is 1.43. The van der Waals surface area contributed by atoms with Gasteiger partial charge in [0.15, 0.2) is 0 Å². The van der Waals surface area contributed by atoms with Crippen molar-refractivity contribution < 1.29 is 27.5 Å². The summed E-state index contributed by atoms with van der Waals surface area (Å²) in [6.45, 7) is 7.04. The molecule has 12 nitrogen and oxygen atoms in total. The van der Waals surface area contributed by atoms with Gasteiger partial charge in [-0.1, -0.05) is 6.07 Å². The van der Waals surface area contributed by atoms with Gasteiger partial charge in [-0.25, -0.2) is 17.7 Å². The van der Waals surface area contributed by atoms with Gasteiger partial charge in [-0.3, -0.25) is 14.5 Å². The molecule has 0 aliphatic carbocycles. The van der Waals surface area contributed by atoms with Crippen molar-refractivity contribution in [3.05, 3.63) is 77.5 Å². The smallest absolute Gasteiger partial charge is 0.270 e. The SMILES string of the molecule is CCOc1ncccc1C1(CC(=O)N2CCC(N3CCN(C)CC3)CC2)C(=O)N(S(=O)(=O)c2ccc(OC)cc2)c2ccc(C#N)cc21. The van der Waals surface area contributed by atoms with Gasteiger partial charge >= 0.3 is 0 Å². The molecule has 2 amide bonds. The number of likely N-dealkylation sites (tertiary alicyclic amines) is 1. The van der Waals surface area contributed by atoms with Crippen molar-refractivity contribution in [3.63, 3.8) is 0 Å². The first-order valence-electron chi connectivity index (χ1n) is 16.2. The first-order chi connectivity index (χ1) is 23.1. The number of rotatable bonds is 9. The van der Waals surface area contributed by atoms with E-state index in [0.717, 1.165) is 43.3 Å². The van der Waals surface area contributed by atoms with Crippen molar-refractivity contribution >= 4 is 27.5 Å². The lowest BCUT2D eigenvalue weighted by atomic mass is 9.72. The normalized spacial score (nSPS) is 20.8. The molecule has 13 heteroatoms. The molecule has 252 valence electrons. The standard InChI is InChI=1S/C35H40N6O6S/c1-4-47-33-29(6-5-15-37-33)35(23-32(42)40-16-13-26(14-17-40)39-20-18-38(2)19-21-39)30-22-25(24-36)7-12-31(30)41(34(35)43)48(44,45)28-10-8-27(46-3)9-11-28/h5-12,15,22,26H,4,13-14,16-21,23H2,1-3H3. The Kier molecular flexibility index (Phi) is 9.42. The molecule has 0 bridgehead atoms. The number of ether oxygens (including phenoxy) is 2. The van der Waals surface area contributed by atoms with Crippen molar-refractivity contribution in [2.24, 2.45) is 0 Å². The molecular weight excluding hydrogens is 632 g/mol. The molecule has 1 aromatic heterocycles. The molecule has 3 aromatic rings. The minimum Gasteiger partial charge on any atom is -0.497 e. The third kappa shape index (κ3) is 5.89. The molecule has 2 aromatic carbocycles. The van der Waals surface area contributed by atoms with Gasteiger partial charge in [0.2, 0.25) is 11.8 Å². The molecule has 2 fully saturated rings. The van der Waals surface area contributed by atoms with Gasteiger partial charge < -0.3 is 19.3 Å². The van der Waals surface area contributed by atoms with Gasteiger partial charge in [0.05, 0.1) is 35.9 Å². The van der Waals surface area contributed by atoms with E-state index in [9.17, 15) is 18.5 Å². The van der Waals surface area contributed by atoms with E-state index in [-0.39, 0.29) is 52.1 Å². The molecule has 3 aliphatic heterocycles. The van der Waals surface area contributed by atoms with E-state index in [1.54, 1.807) is 24.0 Å². The number of piperazine rings is 1. The van der Waals surface area contributed by atoms with E-state index in [0.29, 0.717) is 24.9 Å². The second kappa shape index (κ2) is 13.5. The van der Waals surface area contributed by atoms with Crippen LogP contribution in [0.2, 0.25) is 0 Å². The Morgan fingerprint density at radius 1 is 1.02 bits per heavy atom. The van der Waals surface area contributed by atoms with Crippen LogP contribution in [0.5, 0.6) is 11.6 Å². The Bertz CT molecular complexity index is 1830. The molecule has 48 heavy (non-hydrogen) atoms. The minimum absolute atomic E-state index is 0.0719. The number of pyridine rings is 1. The van der Waals surface area contributed by atoms with Crippen LogP contribution in [0.4, 0.5) is 5.69 Å². The number of amides is 2.